The maximum atomic E-state index is 14.0. The van der Waals surface area contributed by atoms with Gasteiger partial charge in [-0.05, 0) is 37.0 Å². The van der Waals surface area contributed by atoms with E-state index < -0.39 is 0 Å². The highest BCUT2D eigenvalue weighted by molar-refractivity contribution is 7.17. The Bertz CT molecular complexity index is 1050. The van der Waals surface area contributed by atoms with Crippen molar-refractivity contribution in [3.8, 4) is 10.4 Å². The summed E-state index contributed by atoms with van der Waals surface area (Å²) >= 11 is 1.32. The molecule has 1 aliphatic heterocycles. The molecule has 3 heterocycles. The molecule has 0 atom stereocenters. The molecule has 1 fully saturated rings. The quantitative estimate of drug-likeness (QED) is 0.678. The minimum atomic E-state index is -0.285. The molecule has 0 radical (unpaired) electrons. The van der Waals surface area contributed by atoms with Gasteiger partial charge in [0.05, 0.1) is 16.6 Å². The molecule has 0 unspecified atom stereocenters. The molecule has 2 amide bonds. The molecule has 4 rings (SSSR count). The number of hydrogen-bond acceptors (Lipinski definition) is 4. The molecule has 1 aliphatic rings. The number of halogens is 1. The fourth-order valence-corrected chi connectivity index (χ4v) is 4.63. The molecule has 30 heavy (non-hydrogen) atoms. The standard InChI is InChI=1S/C22H23FN4O2S/c1-26-14-16(13-25-26)21(28)24-12-15-8-10-27(11-9-15)22(29)20-7-6-19(30-20)17-4-2-3-5-18(17)23/h2-7,13-15H,8-12H2,1H3,(H,24,28). The van der Waals surface area contributed by atoms with Gasteiger partial charge in [0, 0.05) is 43.3 Å². The number of likely N-dealkylation sites (tertiary alicyclic amines) is 1. The number of aryl methyl sites for hydroxylation is 1. The second-order valence-corrected chi connectivity index (χ2v) is 8.58. The van der Waals surface area contributed by atoms with Crippen LogP contribution in [0.15, 0.2) is 48.8 Å². The molecule has 0 spiro atoms. The third-order valence-electron chi connectivity index (χ3n) is 5.38. The molecule has 0 saturated carbocycles. The topological polar surface area (TPSA) is 67.2 Å². The summed E-state index contributed by atoms with van der Waals surface area (Å²) in [5.41, 5.74) is 1.07. The Labute approximate surface area is 178 Å². The molecular weight excluding hydrogens is 403 g/mol. The van der Waals surface area contributed by atoms with Crippen molar-refractivity contribution in [3.63, 3.8) is 0 Å². The Morgan fingerprint density at radius 3 is 2.67 bits per heavy atom. The summed E-state index contributed by atoms with van der Waals surface area (Å²) in [5.74, 6) is -0.0826. The first kappa shape index (κ1) is 20.3. The van der Waals surface area contributed by atoms with E-state index >= 15 is 0 Å². The first-order valence-electron chi connectivity index (χ1n) is 9.92. The smallest absolute Gasteiger partial charge is 0.263 e. The van der Waals surface area contributed by atoms with Gasteiger partial charge in [0.1, 0.15) is 5.82 Å². The van der Waals surface area contributed by atoms with Gasteiger partial charge < -0.3 is 10.2 Å². The minimum Gasteiger partial charge on any atom is -0.352 e. The number of carbonyl (C=O) groups is 2. The van der Waals surface area contributed by atoms with Crippen molar-refractivity contribution in [2.45, 2.75) is 12.8 Å². The highest BCUT2D eigenvalue weighted by Gasteiger charge is 2.25. The normalized spacial score (nSPS) is 14.7. The number of aromatic nitrogens is 2. The largest absolute Gasteiger partial charge is 0.352 e. The van der Waals surface area contributed by atoms with E-state index in [-0.39, 0.29) is 17.6 Å². The van der Waals surface area contributed by atoms with Crippen molar-refractivity contribution >= 4 is 23.2 Å². The highest BCUT2D eigenvalue weighted by Crippen LogP contribution is 2.31. The van der Waals surface area contributed by atoms with Gasteiger partial charge in [-0.25, -0.2) is 4.39 Å². The molecule has 0 bridgehead atoms. The number of rotatable bonds is 5. The predicted molar refractivity (Wildman–Crippen MR) is 114 cm³/mol. The van der Waals surface area contributed by atoms with E-state index in [0.717, 1.165) is 17.7 Å². The lowest BCUT2D eigenvalue weighted by Crippen LogP contribution is -2.41. The summed E-state index contributed by atoms with van der Waals surface area (Å²) in [6.07, 6.45) is 4.91. The molecular formula is C22H23FN4O2S. The molecule has 156 valence electrons. The van der Waals surface area contributed by atoms with Crippen LogP contribution in [-0.2, 0) is 7.05 Å². The summed E-state index contributed by atoms with van der Waals surface area (Å²) in [7, 11) is 1.77. The van der Waals surface area contributed by atoms with Crippen LogP contribution in [0.3, 0.4) is 0 Å². The molecule has 1 saturated heterocycles. The third kappa shape index (κ3) is 4.43. The number of nitrogens with one attached hydrogen (secondary N) is 1. The van der Waals surface area contributed by atoms with Gasteiger partial charge in [0.25, 0.3) is 11.8 Å². The lowest BCUT2D eigenvalue weighted by Gasteiger charge is -2.31. The van der Waals surface area contributed by atoms with Crippen LogP contribution in [0.2, 0.25) is 0 Å². The fourth-order valence-electron chi connectivity index (χ4n) is 3.63. The maximum Gasteiger partial charge on any atom is 0.263 e. The SMILES string of the molecule is Cn1cc(C(=O)NCC2CCN(C(=O)c3ccc(-c4ccccc4F)s3)CC2)cn1. The van der Waals surface area contributed by atoms with Crippen LogP contribution in [-0.4, -0.2) is 46.1 Å². The van der Waals surface area contributed by atoms with Crippen LogP contribution in [0.25, 0.3) is 10.4 Å². The summed E-state index contributed by atoms with van der Waals surface area (Å²) in [5, 5.41) is 6.96. The molecule has 2 aromatic heterocycles. The van der Waals surface area contributed by atoms with Crippen molar-refractivity contribution in [2.24, 2.45) is 13.0 Å². The molecule has 0 aliphatic carbocycles. The number of nitrogens with zero attached hydrogens (tertiary/aromatic N) is 3. The van der Waals surface area contributed by atoms with Crippen molar-refractivity contribution in [3.05, 3.63) is 65.0 Å². The summed E-state index contributed by atoms with van der Waals surface area (Å²) in [6.45, 7) is 1.89. The fraction of sp³-hybridized carbons (Fsp3) is 0.318. The van der Waals surface area contributed by atoms with Crippen LogP contribution in [0.4, 0.5) is 4.39 Å². The zero-order valence-corrected chi connectivity index (χ0v) is 17.5. The summed E-state index contributed by atoms with van der Waals surface area (Å²) in [6, 6.07) is 10.2. The number of hydrogen-bond donors (Lipinski definition) is 1. The Morgan fingerprint density at radius 1 is 1.20 bits per heavy atom. The minimum absolute atomic E-state index is 0.0135. The molecule has 3 aromatic rings. The maximum absolute atomic E-state index is 14.0. The Balaban J connectivity index is 1.29. The third-order valence-corrected chi connectivity index (χ3v) is 6.48. The zero-order chi connectivity index (χ0) is 21.1. The molecule has 8 heteroatoms. The van der Waals surface area contributed by atoms with E-state index in [1.807, 2.05) is 4.90 Å². The first-order valence-corrected chi connectivity index (χ1v) is 10.7. The Morgan fingerprint density at radius 2 is 1.97 bits per heavy atom. The van der Waals surface area contributed by atoms with Crippen LogP contribution in [0, 0.1) is 11.7 Å². The number of piperidine rings is 1. The van der Waals surface area contributed by atoms with E-state index in [9.17, 15) is 14.0 Å². The molecule has 6 nitrogen and oxygen atoms in total. The Kier molecular flexibility index (Phi) is 5.94. The molecule has 1 aromatic carbocycles. The van der Waals surface area contributed by atoms with Crippen LogP contribution >= 0.6 is 11.3 Å². The van der Waals surface area contributed by atoms with Crippen molar-refractivity contribution in [2.75, 3.05) is 19.6 Å². The van der Waals surface area contributed by atoms with E-state index in [2.05, 4.69) is 10.4 Å². The number of benzene rings is 1. The van der Waals surface area contributed by atoms with Gasteiger partial charge in [-0.3, -0.25) is 14.3 Å². The van der Waals surface area contributed by atoms with Gasteiger partial charge in [-0.1, -0.05) is 18.2 Å². The van der Waals surface area contributed by atoms with Gasteiger partial charge >= 0.3 is 0 Å². The van der Waals surface area contributed by atoms with Crippen molar-refractivity contribution in [1.82, 2.24) is 20.0 Å². The lowest BCUT2D eigenvalue weighted by atomic mass is 9.96. The Hall–Kier alpha value is -3.00. The predicted octanol–water partition coefficient (Wildman–Crippen LogP) is 3.57. The zero-order valence-electron chi connectivity index (χ0n) is 16.7. The van der Waals surface area contributed by atoms with E-state index in [4.69, 9.17) is 0 Å². The number of amides is 2. The van der Waals surface area contributed by atoms with Crippen molar-refractivity contribution < 1.29 is 14.0 Å². The van der Waals surface area contributed by atoms with E-state index in [0.29, 0.717) is 41.6 Å². The van der Waals surface area contributed by atoms with E-state index in [1.165, 1.54) is 17.4 Å². The highest BCUT2D eigenvalue weighted by atomic mass is 32.1. The average molecular weight is 427 g/mol. The van der Waals surface area contributed by atoms with Crippen LogP contribution in [0.5, 0.6) is 0 Å². The lowest BCUT2D eigenvalue weighted by molar-refractivity contribution is 0.0689. The number of thiophene rings is 1. The second kappa shape index (κ2) is 8.79. The van der Waals surface area contributed by atoms with Crippen LogP contribution in [0.1, 0.15) is 32.9 Å². The van der Waals surface area contributed by atoms with Crippen molar-refractivity contribution in [1.29, 1.82) is 0 Å². The van der Waals surface area contributed by atoms with Gasteiger partial charge in [0.15, 0.2) is 0 Å². The monoisotopic (exact) mass is 426 g/mol. The molecule has 1 N–H and O–H groups in total. The van der Waals surface area contributed by atoms with Gasteiger partial charge in [-0.15, -0.1) is 11.3 Å². The number of carbonyl (C=O) groups excluding carboxylic acids is 2. The van der Waals surface area contributed by atoms with Gasteiger partial charge in [0.2, 0.25) is 0 Å². The van der Waals surface area contributed by atoms with E-state index in [1.54, 1.807) is 54.5 Å². The second-order valence-electron chi connectivity index (χ2n) is 7.49. The summed E-state index contributed by atoms with van der Waals surface area (Å²) in [4.78, 5) is 28.2. The van der Waals surface area contributed by atoms with Gasteiger partial charge in [-0.2, -0.15) is 5.10 Å². The first-order chi connectivity index (χ1) is 14.5. The average Bonchev–Trinajstić information content (AvgIpc) is 3.42. The summed E-state index contributed by atoms with van der Waals surface area (Å²) < 4.78 is 15.6. The van der Waals surface area contributed by atoms with Crippen LogP contribution < -0.4 is 5.32 Å².